The van der Waals surface area contributed by atoms with Crippen molar-refractivity contribution in [2.75, 3.05) is 11.9 Å². The molecule has 1 amide bonds. The molecule has 0 aliphatic carbocycles. The molecule has 0 heterocycles. The zero-order valence-electron chi connectivity index (χ0n) is 12.6. The minimum absolute atomic E-state index is 0.0343. The molecule has 0 aliphatic rings. The van der Waals surface area contributed by atoms with Gasteiger partial charge in [-0.2, -0.15) is 0 Å². The highest BCUT2D eigenvalue weighted by Crippen LogP contribution is 2.17. The van der Waals surface area contributed by atoms with Crippen molar-refractivity contribution in [2.45, 2.75) is 33.6 Å². The number of carbonyl (C=O) groups is 2. The lowest BCUT2D eigenvalue weighted by molar-refractivity contribution is -0.133. The van der Waals surface area contributed by atoms with Crippen molar-refractivity contribution in [1.82, 2.24) is 0 Å². The van der Waals surface area contributed by atoms with Gasteiger partial charge in [-0.1, -0.05) is 13.3 Å². The van der Waals surface area contributed by atoms with Gasteiger partial charge < -0.3 is 15.2 Å². The molecule has 0 bridgehead atoms. The zero-order chi connectivity index (χ0) is 15.8. The number of carbonyl (C=O) groups excluding carboxylic acids is 1. The molecule has 0 fully saturated rings. The standard InChI is InChI=1S/C16H21NO4/c1-4-5-10-21-14-8-6-13(7-9-14)17-15(18)11(2)12(3)16(19)20/h6-9H,4-5,10H2,1-3H3,(H,17,18)(H,19,20)/b12-11-. The Balaban J connectivity index is 2.65. The smallest absolute Gasteiger partial charge is 0.331 e. The Morgan fingerprint density at radius 1 is 1.14 bits per heavy atom. The normalized spacial score (nSPS) is 11.6. The quantitative estimate of drug-likeness (QED) is 0.597. The number of unbranched alkanes of at least 4 members (excludes halogenated alkanes) is 1. The van der Waals surface area contributed by atoms with Gasteiger partial charge in [-0.05, 0) is 44.5 Å². The van der Waals surface area contributed by atoms with Crippen molar-refractivity contribution in [3.05, 3.63) is 35.4 Å². The van der Waals surface area contributed by atoms with E-state index in [2.05, 4.69) is 12.2 Å². The van der Waals surface area contributed by atoms with Gasteiger partial charge >= 0.3 is 5.97 Å². The third-order valence-corrected chi connectivity index (χ3v) is 3.10. The summed E-state index contributed by atoms with van der Waals surface area (Å²) in [4.78, 5) is 22.7. The molecule has 0 saturated carbocycles. The van der Waals surface area contributed by atoms with Crippen LogP contribution in [0.15, 0.2) is 35.4 Å². The molecule has 1 rings (SSSR count). The second kappa shape index (κ2) is 8.09. The van der Waals surface area contributed by atoms with E-state index >= 15 is 0 Å². The number of amides is 1. The van der Waals surface area contributed by atoms with Crippen molar-refractivity contribution in [3.63, 3.8) is 0 Å². The van der Waals surface area contributed by atoms with Crippen LogP contribution in [-0.4, -0.2) is 23.6 Å². The van der Waals surface area contributed by atoms with Gasteiger partial charge in [0.05, 0.1) is 6.61 Å². The predicted molar refractivity (Wildman–Crippen MR) is 81.5 cm³/mol. The molecule has 0 aliphatic heterocycles. The van der Waals surface area contributed by atoms with E-state index in [-0.39, 0.29) is 11.1 Å². The van der Waals surface area contributed by atoms with Crippen LogP contribution in [0.4, 0.5) is 5.69 Å². The van der Waals surface area contributed by atoms with Crippen LogP contribution >= 0.6 is 0 Å². The molecular weight excluding hydrogens is 270 g/mol. The lowest BCUT2D eigenvalue weighted by Crippen LogP contribution is -2.16. The molecule has 0 radical (unpaired) electrons. The van der Waals surface area contributed by atoms with Crippen LogP contribution < -0.4 is 10.1 Å². The summed E-state index contributed by atoms with van der Waals surface area (Å²) in [5.74, 6) is -0.771. The van der Waals surface area contributed by atoms with Crippen molar-refractivity contribution >= 4 is 17.6 Å². The Morgan fingerprint density at radius 2 is 1.76 bits per heavy atom. The Bertz CT molecular complexity index is 532. The molecule has 2 N–H and O–H groups in total. The molecule has 0 atom stereocenters. The number of anilines is 1. The number of rotatable bonds is 7. The van der Waals surface area contributed by atoms with Crippen LogP contribution in [0.2, 0.25) is 0 Å². The lowest BCUT2D eigenvalue weighted by atomic mass is 10.1. The molecule has 5 nitrogen and oxygen atoms in total. The molecule has 1 aromatic carbocycles. The number of benzene rings is 1. The summed E-state index contributed by atoms with van der Waals surface area (Å²) < 4.78 is 5.52. The first kappa shape index (κ1) is 16.8. The summed E-state index contributed by atoms with van der Waals surface area (Å²) in [6.07, 6.45) is 2.07. The molecule has 5 heteroatoms. The summed E-state index contributed by atoms with van der Waals surface area (Å²) in [6.45, 7) is 5.65. The highest BCUT2D eigenvalue weighted by molar-refractivity contribution is 6.08. The average molecular weight is 291 g/mol. The lowest BCUT2D eigenvalue weighted by Gasteiger charge is -2.09. The van der Waals surface area contributed by atoms with Gasteiger partial charge in [0, 0.05) is 16.8 Å². The highest BCUT2D eigenvalue weighted by Gasteiger charge is 2.12. The third kappa shape index (κ3) is 5.30. The Kier molecular flexibility index (Phi) is 6.46. The van der Waals surface area contributed by atoms with Crippen molar-refractivity contribution in [3.8, 4) is 5.75 Å². The maximum absolute atomic E-state index is 11.9. The van der Waals surface area contributed by atoms with Gasteiger partial charge in [0.15, 0.2) is 0 Å². The van der Waals surface area contributed by atoms with E-state index in [0.717, 1.165) is 18.6 Å². The fraction of sp³-hybridized carbons (Fsp3) is 0.375. The maximum atomic E-state index is 11.9. The number of hydrogen-bond donors (Lipinski definition) is 2. The largest absolute Gasteiger partial charge is 0.494 e. The number of ether oxygens (including phenoxy) is 1. The molecule has 0 unspecified atom stereocenters. The van der Waals surface area contributed by atoms with Crippen LogP contribution in [0.1, 0.15) is 33.6 Å². The van der Waals surface area contributed by atoms with Gasteiger partial charge in [0.1, 0.15) is 5.75 Å². The van der Waals surface area contributed by atoms with Crippen molar-refractivity contribution in [2.24, 2.45) is 0 Å². The van der Waals surface area contributed by atoms with Crippen molar-refractivity contribution in [1.29, 1.82) is 0 Å². The molecule has 0 spiro atoms. The molecular formula is C16H21NO4. The molecule has 21 heavy (non-hydrogen) atoms. The second-order valence-electron chi connectivity index (χ2n) is 4.74. The summed E-state index contributed by atoms with van der Waals surface area (Å²) in [6, 6.07) is 6.99. The van der Waals surface area contributed by atoms with E-state index in [4.69, 9.17) is 9.84 Å². The molecule has 0 aromatic heterocycles. The third-order valence-electron chi connectivity index (χ3n) is 3.10. The first-order valence-corrected chi connectivity index (χ1v) is 6.90. The van der Waals surface area contributed by atoms with Crippen LogP contribution in [0, 0.1) is 0 Å². The number of hydrogen-bond acceptors (Lipinski definition) is 3. The number of aliphatic carboxylic acids is 1. The Labute approximate surface area is 124 Å². The fourth-order valence-corrected chi connectivity index (χ4v) is 1.52. The SMILES string of the molecule is CCCCOc1ccc(NC(=O)/C(C)=C(/C)C(=O)O)cc1. The van der Waals surface area contributed by atoms with Crippen LogP contribution in [-0.2, 0) is 9.59 Å². The van der Waals surface area contributed by atoms with E-state index < -0.39 is 11.9 Å². The summed E-state index contributed by atoms with van der Waals surface area (Å²) in [7, 11) is 0. The van der Waals surface area contributed by atoms with Crippen LogP contribution in [0.3, 0.4) is 0 Å². The monoisotopic (exact) mass is 291 g/mol. The summed E-state index contributed by atoms with van der Waals surface area (Å²) in [5.41, 5.74) is 0.818. The van der Waals surface area contributed by atoms with E-state index in [1.54, 1.807) is 24.3 Å². The van der Waals surface area contributed by atoms with E-state index in [0.29, 0.717) is 12.3 Å². The van der Waals surface area contributed by atoms with Gasteiger partial charge in [0.2, 0.25) is 0 Å². The molecule has 0 saturated heterocycles. The summed E-state index contributed by atoms with van der Waals surface area (Å²) in [5, 5.41) is 11.5. The van der Waals surface area contributed by atoms with Gasteiger partial charge in [0.25, 0.3) is 5.91 Å². The number of nitrogens with one attached hydrogen (secondary N) is 1. The summed E-state index contributed by atoms with van der Waals surface area (Å²) >= 11 is 0. The van der Waals surface area contributed by atoms with Gasteiger partial charge in [-0.15, -0.1) is 0 Å². The highest BCUT2D eigenvalue weighted by atomic mass is 16.5. The first-order chi connectivity index (χ1) is 9.95. The minimum Gasteiger partial charge on any atom is -0.494 e. The van der Waals surface area contributed by atoms with E-state index in [1.165, 1.54) is 13.8 Å². The van der Waals surface area contributed by atoms with Gasteiger partial charge in [-0.25, -0.2) is 4.79 Å². The molecule has 1 aromatic rings. The number of carboxylic acid groups (broad SMARTS) is 1. The predicted octanol–water partition coefficient (Wildman–Crippen LogP) is 3.23. The number of carboxylic acids is 1. The Hall–Kier alpha value is -2.30. The van der Waals surface area contributed by atoms with Crippen LogP contribution in [0.5, 0.6) is 5.75 Å². The average Bonchev–Trinajstić information content (AvgIpc) is 2.47. The van der Waals surface area contributed by atoms with Crippen LogP contribution in [0.25, 0.3) is 0 Å². The maximum Gasteiger partial charge on any atom is 0.331 e. The fourth-order valence-electron chi connectivity index (χ4n) is 1.52. The van der Waals surface area contributed by atoms with Gasteiger partial charge in [-0.3, -0.25) is 4.79 Å². The molecule has 114 valence electrons. The first-order valence-electron chi connectivity index (χ1n) is 6.90. The zero-order valence-corrected chi connectivity index (χ0v) is 12.6. The topological polar surface area (TPSA) is 75.6 Å². The minimum atomic E-state index is -1.10. The Morgan fingerprint density at radius 3 is 2.29 bits per heavy atom. The van der Waals surface area contributed by atoms with Crippen molar-refractivity contribution < 1.29 is 19.4 Å². The van der Waals surface area contributed by atoms with E-state index in [9.17, 15) is 9.59 Å². The second-order valence-corrected chi connectivity index (χ2v) is 4.74. The van der Waals surface area contributed by atoms with E-state index in [1.807, 2.05) is 0 Å².